The van der Waals surface area contributed by atoms with Gasteiger partial charge in [-0.2, -0.15) is 0 Å². The average molecular weight is 296 g/mol. The number of nitrogens with zero attached hydrogens (tertiary/aromatic N) is 1. The molecule has 0 radical (unpaired) electrons. The molecule has 3 aromatic rings. The van der Waals surface area contributed by atoms with Gasteiger partial charge in [-0.15, -0.1) is 0 Å². The number of nitrogens with one attached hydrogen (secondary N) is 1. The number of amides is 1. The molecule has 3 rings (SSSR count). The quantitative estimate of drug-likeness (QED) is 0.790. The number of carbonyl (C=O) groups excluding carboxylic acids is 1. The van der Waals surface area contributed by atoms with Crippen molar-refractivity contribution in [3.8, 4) is 0 Å². The Morgan fingerprint density at radius 1 is 1.10 bits per heavy atom. The van der Waals surface area contributed by atoms with Gasteiger partial charge in [-0.25, -0.2) is 4.98 Å². The molecule has 21 heavy (non-hydrogen) atoms. The molecule has 0 bridgehead atoms. The number of hydrogen-bond acceptors (Lipinski definition) is 4. The molecule has 2 aromatic carbocycles. The molecule has 1 heterocycles. The minimum atomic E-state index is -0.272. The van der Waals surface area contributed by atoms with E-state index >= 15 is 0 Å². The zero-order chi connectivity index (χ0) is 14.8. The van der Waals surface area contributed by atoms with Crippen molar-refractivity contribution in [2.24, 2.45) is 0 Å². The molecule has 1 N–H and O–H groups in total. The summed E-state index contributed by atoms with van der Waals surface area (Å²) in [6, 6.07) is 14.3. The zero-order valence-corrected chi connectivity index (χ0v) is 12.1. The highest BCUT2D eigenvalue weighted by Crippen LogP contribution is 2.18. The topological polar surface area (TPSA) is 59.1 Å². The molecule has 0 aliphatic carbocycles. The first-order valence-electron chi connectivity index (χ1n) is 6.42. The molecule has 104 valence electrons. The van der Waals surface area contributed by atoms with Crippen LogP contribution < -0.4 is 10.1 Å². The van der Waals surface area contributed by atoms with Crippen LogP contribution in [0.4, 0.5) is 5.13 Å². The molecule has 4 nitrogen and oxygen atoms in total. The molecule has 5 heteroatoms. The fourth-order valence-electron chi connectivity index (χ4n) is 2.09. The molecule has 0 atom stereocenters. The summed E-state index contributed by atoms with van der Waals surface area (Å²) < 4.78 is -0.0959. The van der Waals surface area contributed by atoms with Gasteiger partial charge in [-0.3, -0.25) is 14.9 Å². The van der Waals surface area contributed by atoms with E-state index < -0.39 is 0 Å². The minimum absolute atomic E-state index is 0.0959. The number of anilines is 1. The first-order valence-corrected chi connectivity index (χ1v) is 7.23. The van der Waals surface area contributed by atoms with Gasteiger partial charge in [0.05, 0.1) is 10.9 Å². The van der Waals surface area contributed by atoms with Gasteiger partial charge in [-0.1, -0.05) is 41.7 Å². The lowest BCUT2D eigenvalue weighted by Crippen LogP contribution is -2.13. The van der Waals surface area contributed by atoms with E-state index in [1.165, 1.54) is 0 Å². The molecule has 0 unspecified atom stereocenters. The monoisotopic (exact) mass is 296 g/mol. The summed E-state index contributed by atoms with van der Waals surface area (Å²) >= 11 is 0.945. The van der Waals surface area contributed by atoms with Crippen LogP contribution in [0.3, 0.4) is 0 Å². The molecule has 0 fully saturated rings. The molecule has 0 saturated carbocycles. The summed E-state index contributed by atoms with van der Waals surface area (Å²) in [5, 5.41) is 3.60. The standard InChI is InChI=1S/C16H12N2O2S/c1-10-6-5-9-12-13(10)15(20)21-16(17-12)18-14(19)11-7-3-2-4-8-11/h2-9H,1H3,(H,17,18,19). The van der Waals surface area contributed by atoms with Gasteiger partial charge in [0.25, 0.3) is 5.91 Å². The normalized spacial score (nSPS) is 10.5. The van der Waals surface area contributed by atoms with Crippen LogP contribution in [0.15, 0.2) is 53.3 Å². The van der Waals surface area contributed by atoms with E-state index in [0.717, 1.165) is 16.9 Å². The number of hydrogen-bond donors (Lipinski definition) is 1. The largest absolute Gasteiger partial charge is 0.298 e. The fourth-order valence-corrected chi connectivity index (χ4v) is 2.93. The maximum atomic E-state index is 12.2. The summed E-state index contributed by atoms with van der Waals surface area (Å²) in [7, 11) is 0. The van der Waals surface area contributed by atoms with Gasteiger partial charge < -0.3 is 0 Å². The van der Waals surface area contributed by atoms with Crippen molar-refractivity contribution in [2.75, 3.05) is 5.32 Å². The second kappa shape index (κ2) is 5.46. The maximum absolute atomic E-state index is 12.2. The van der Waals surface area contributed by atoms with Gasteiger partial charge in [0.2, 0.25) is 4.74 Å². The number of fused-ring (bicyclic) bond motifs is 1. The van der Waals surface area contributed by atoms with Crippen molar-refractivity contribution in [1.29, 1.82) is 0 Å². The van der Waals surface area contributed by atoms with Crippen molar-refractivity contribution in [2.45, 2.75) is 6.92 Å². The van der Waals surface area contributed by atoms with Crippen molar-refractivity contribution < 1.29 is 4.79 Å². The third-order valence-corrected chi connectivity index (χ3v) is 3.90. The number of aryl methyl sites for hydroxylation is 1. The van der Waals surface area contributed by atoms with Crippen LogP contribution in [0.1, 0.15) is 15.9 Å². The third-order valence-electron chi connectivity index (χ3n) is 3.12. The Balaban J connectivity index is 1.99. The Morgan fingerprint density at radius 3 is 2.62 bits per heavy atom. The van der Waals surface area contributed by atoms with Crippen molar-refractivity contribution in [1.82, 2.24) is 4.98 Å². The van der Waals surface area contributed by atoms with Gasteiger partial charge in [-0.05, 0) is 30.7 Å². The van der Waals surface area contributed by atoms with Gasteiger partial charge in [0, 0.05) is 5.56 Å². The van der Waals surface area contributed by atoms with E-state index in [-0.39, 0.29) is 10.6 Å². The SMILES string of the molecule is Cc1cccc2nc(NC(=O)c3ccccc3)sc(=O)c12. The maximum Gasteiger partial charge on any atom is 0.257 e. The summed E-state index contributed by atoms with van der Waals surface area (Å²) in [6.45, 7) is 1.88. The van der Waals surface area contributed by atoms with E-state index in [0.29, 0.717) is 21.6 Å². The summed E-state index contributed by atoms with van der Waals surface area (Å²) in [5.74, 6) is -0.272. The predicted molar refractivity (Wildman–Crippen MR) is 85.0 cm³/mol. The van der Waals surface area contributed by atoms with Crippen LogP contribution in [0.5, 0.6) is 0 Å². The highest BCUT2D eigenvalue weighted by Gasteiger charge is 2.10. The Labute approximate surface area is 125 Å². The lowest BCUT2D eigenvalue weighted by Gasteiger charge is -2.05. The molecule has 1 aromatic heterocycles. The Hall–Kier alpha value is -2.53. The Bertz CT molecular complexity index is 872. The number of carbonyl (C=O) groups is 1. The highest BCUT2D eigenvalue weighted by atomic mass is 32.1. The number of aromatic nitrogens is 1. The zero-order valence-electron chi connectivity index (χ0n) is 11.3. The van der Waals surface area contributed by atoms with Crippen molar-refractivity contribution in [3.05, 3.63) is 69.2 Å². The molecule has 0 aliphatic heterocycles. The van der Waals surface area contributed by atoms with Gasteiger partial charge in [0.15, 0.2) is 5.13 Å². The van der Waals surface area contributed by atoms with Crippen LogP contribution in [0.2, 0.25) is 0 Å². The lowest BCUT2D eigenvalue weighted by molar-refractivity contribution is 0.102. The average Bonchev–Trinajstić information content (AvgIpc) is 2.48. The molecular weight excluding hydrogens is 284 g/mol. The van der Waals surface area contributed by atoms with Crippen LogP contribution in [-0.4, -0.2) is 10.9 Å². The van der Waals surface area contributed by atoms with Crippen LogP contribution in [0, 0.1) is 6.92 Å². The Kier molecular flexibility index (Phi) is 3.50. The minimum Gasteiger partial charge on any atom is -0.298 e. The fraction of sp³-hybridized carbons (Fsp3) is 0.0625. The lowest BCUT2D eigenvalue weighted by atomic mass is 10.1. The number of rotatable bonds is 2. The molecule has 0 saturated heterocycles. The van der Waals surface area contributed by atoms with Crippen LogP contribution >= 0.6 is 11.3 Å². The van der Waals surface area contributed by atoms with E-state index in [1.807, 2.05) is 25.1 Å². The van der Waals surface area contributed by atoms with E-state index in [9.17, 15) is 9.59 Å². The Morgan fingerprint density at radius 2 is 1.86 bits per heavy atom. The summed E-state index contributed by atoms with van der Waals surface area (Å²) in [6.07, 6.45) is 0. The van der Waals surface area contributed by atoms with Crippen molar-refractivity contribution in [3.63, 3.8) is 0 Å². The molecule has 0 spiro atoms. The molecular formula is C16H12N2O2S. The first kappa shape index (κ1) is 13.5. The smallest absolute Gasteiger partial charge is 0.257 e. The summed E-state index contributed by atoms with van der Waals surface area (Å²) in [5.41, 5.74) is 2.02. The third kappa shape index (κ3) is 2.68. The van der Waals surface area contributed by atoms with Gasteiger partial charge >= 0.3 is 0 Å². The van der Waals surface area contributed by atoms with E-state index in [1.54, 1.807) is 30.3 Å². The van der Waals surface area contributed by atoms with E-state index in [4.69, 9.17) is 0 Å². The predicted octanol–water partition coefficient (Wildman–Crippen LogP) is 3.22. The second-order valence-corrected chi connectivity index (χ2v) is 5.56. The van der Waals surface area contributed by atoms with Crippen LogP contribution in [-0.2, 0) is 0 Å². The molecule has 1 amide bonds. The second-order valence-electron chi connectivity index (χ2n) is 4.60. The van der Waals surface area contributed by atoms with Gasteiger partial charge in [0.1, 0.15) is 0 Å². The highest BCUT2D eigenvalue weighted by molar-refractivity contribution is 7.13. The van der Waals surface area contributed by atoms with Crippen LogP contribution in [0.25, 0.3) is 10.9 Å². The first-order chi connectivity index (χ1) is 10.1. The van der Waals surface area contributed by atoms with Crippen molar-refractivity contribution >= 4 is 33.3 Å². The molecule has 0 aliphatic rings. The van der Waals surface area contributed by atoms with E-state index in [2.05, 4.69) is 10.3 Å². The number of benzene rings is 2. The summed E-state index contributed by atoms with van der Waals surface area (Å²) in [4.78, 5) is 28.6.